The van der Waals surface area contributed by atoms with Gasteiger partial charge in [-0.1, -0.05) is 6.07 Å². The molecule has 1 N–H and O–H groups in total. The number of amides is 2. The Morgan fingerprint density at radius 3 is 2.25 bits per heavy atom. The van der Waals surface area contributed by atoms with Crippen LogP contribution in [0.25, 0.3) is 0 Å². The first kappa shape index (κ1) is 19.9. The molecule has 1 fully saturated rings. The van der Waals surface area contributed by atoms with Crippen LogP contribution in [0.15, 0.2) is 48.5 Å². The number of ether oxygens (including phenoxy) is 1. The summed E-state index contributed by atoms with van der Waals surface area (Å²) in [6.45, 7) is 7.07. The van der Waals surface area contributed by atoms with E-state index in [0.717, 1.165) is 18.8 Å². The number of carbonyl (C=O) groups excluding carboxylic acids is 2. The van der Waals surface area contributed by atoms with Crippen LogP contribution in [0.2, 0.25) is 0 Å². The van der Waals surface area contributed by atoms with E-state index in [1.165, 1.54) is 0 Å². The van der Waals surface area contributed by atoms with Crippen molar-refractivity contribution in [2.24, 2.45) is 0 Å². The van der Waals surface area contributed by atoms with Gasteiger partial charge in [-0.2, -0.15) is 0 Å². The summed E-state index contributed by atoms with van der Waals surface area (Å²) in [5.74, 6) is 0.483. The van der Waals surface area contributed by atoms with Crippen LogP contribution < -0.4 is 10.1 Å². The fraction of sp³-hybridized carbons (Fsp3) is 0.364. The number of carbonyl (C=O) groups is 2. The van der Waals surface area contributed by atoms with Gasteiger partial charge in [-0.25, -0.2) is 0 Å². The lowest BCUT2D eigenvalue weighted by Crippen LogP contribution is -2.47. The lowest BCUT2D eigenvalue weighted by atomic mass is 10.1. The number of hydrogen-bond donors (Lipinski definition) is 1. The lowest BCUT2D eigenvalue weighted by molar-refractivity contribution is 0.0664. The van der Waals surface area contributed by atoms with Gasteiger partial charge in [0.1, 0.15) is 5.75 Å². The van der Waals surface area contributed by atoms with E-state index in [-0.39, 0.29) is 17.9 Å². The van der Waals surface area contributed by atoms with Crippen LogP contribution in [0.1, 0.15) is 34.6 Å². The molecule has 3 rings (SSSR count). The normalized spacial score (nSPS) is 14.8. The van der Waals surface area contributed by atoms with Crippen LogP contribution in [0.4, 0.5) is 5.69 Å². The van der Waals surface area contributed by atoms with Crippen molar-refractivity contribution in [1.29, 1.82) is 0 Å². The first-order valence-electron chi connectivity index (χ1n) is 9.58. The molecule has 2 aromatic carbocycles. The average Bonchev–Trinajstić information content (AvgIpc) is 2.69. The highest BCUT2D eigenvalue weighted by Gasteiger charge is 2.21. The SMILES string of the molecule is CC(C)Oc1ccc(NC(=O)c2cccc(C(=O)N3CCN(C)CC3)c2)cc1. The van der Waals surface area contributed by atoms with Crippen molar-refractivity contribution in [1.82, 2.24) is 9.80 Å². The molecule has 0 aliphatic carbocycles. The summed E-state index contributed by atoms with van der Waals surface area (Å²) < 4.78 is 5.61. The molecule has 0 bridgehead atoms. The van der Waals surface area contributed by atoms with E-state index < -0.39 is 0 Å². The molecular weight excluding hydrogens is 354 g/mol. The third-order valence-electron chi connectivity index (χ3n) is 4.65. The Morgan fingerprint density at radius 1 is 0.964 bits per heavy atom. The zero-order valence-electron chi connectivity index (χ0n) is 16.6. The molecule has 0 unspecified atom stereocenters. The molecule has 1 saturated heterocycles. The highest BCUT2D eigenvalue weighted by molar-refractivity contribution is 6.06. The van der Waals surface area contributed by atoms with Crippen LogP contribution in [-0.4, -0.2) is 60.9 Å². The molecule has 1 heterocycles. The number of nitrogens with zero attached hydrogens (tertiary/aromatic N) is 2. The Balaban J connectivity index is 1.66. The van der Waals surface area contributed by atoms with Crippen molar-refractivity contribution in [2.75, 3.05) is 38.5 Å². The van der Waals surface area contributed by atoms with Crippen LogP contribution in [0.5, 0.6) is 5.75 Å². The Bertz CT molecular complexity index is 825. The molecule has 0 radical (unpaired) electrons. The van der Waals surface area contributed by atoms with E-state index in [1.54, 1.807) is 36.4 Å². The minimum absolute atomic E-state index is 0.0297. The van der Waals surface area contributed by atoms with Gasteiger partial charge >= 0.3 is 0 Å². The number of piperazine rings is 1. The Labute approximate surface area is 166 Å². The number of anilines is 1. The number of hydrogen-bond acceptors (Lipinski definition) is 4. The van der Waals surface area contributed by atoms with Gasteiger partial charge in [-0.3, -0.25) is 9.59 Å². The third kappa shape index (κ3) is 5.10. The molecule has 1 aliphatic heterocycles. The largest absolute Gasteiger partial charge is 0.491 e. The molecule has 1 aliphatic rings. The van der Waals surface area contributed by atoms with Gasteiger partial charge in [-0.15, -0.1) is 0 Å². The number of rotatable bonds is 5. The second-order valence-corrected chi connectivity index (χ2v) is 7.32. The second kappa shape index (κ2) is 8.89. The molecule has 0 aromatic heterocycles. The Hall–Kier alpha value is -2.86. The molecular formula is C22H27N3O3. The second-order valence-electron chi connectivity index (χ2n) is 7.32. The topological polar surface area (TPSA) is 61.9 Å². The van der Waals surface area contributed by atoms with E-state index in [9.17, 15) is 9.59 Å². The molecule has 0 spiro atoms. The van der Waals surface area contributed by atoms with Crippen LogP contribution in [-0.2, 0) is 0 Å². The standard InChI is InChI=1S/C22H27N3O3/c1-16(2)28-20-9-7-19(8-10-20)23-21(26)17-5-4-6-18(15-17)22(27)25-13-11-24(3)12-14-25/h4-10,15-16H,11-14H2,1-3H3,(H,23,26). The highest BCUT2D eigenvalue weighted by Crippen LogP contribution is 2.18. The molecule has 6 heteroatoms. The molecule has 0 atom stereocenters. The zero-order valence-corrected chi connectivity index (χ0v) is 16.6. The minimum Gasteiger partial charge on any atom is -0.491 e. The molecule has 2 aromatic rings. The van der Waals surface area contributed by atoms with Crippen molar-refractivity contribution in [3.05, 3.63) is 59.7 Å². The van der Waals surface area contributed by atoms with Crippen molar-refractivity contribution in [3.63, 3.8) is 0 Å². The quantitative estimate of drug-likeness (QED) is 0.864. The van der Waals surface area contributed by atoms with Crippen LogP contribution in [0.3, 0.4) is 0 Å². The Kier molecular flexibility index (Phi) is 6.31. The summed E-state index contributed by atoms with van der Waals surface area (Å²) in [7, 11) is 2.05. The summed E-state index contributed by atoms with van der Waals surface area (Å²) in [5, 5.41) is 2.86. The van der Waals surface area contributed by atoms with E-state index in [0.29, 0.717) is 29.9 Å². The smallest absolute Gasteiger partial charge is 0.255 e. The first-order valence-corrected chi connectivity index (χ1v) is 9.58. The van der Waals surface area contributed by atoms with Gasteiger partial charge in [-0.05, 0) is 63.4 Å². The summed E-state index contributed by atoms with van der Waals surface area (Å²) in [5.41, 5.74) is 1.68. The minimum atomic E-state index is -0.245. The Morgan fingerprint density at radius 2 is 1.61 bits per heavy atom. The summed E-state index contributed by atoms with van der Waals surface area (Å²) in [6, 6.07) is 14.1. The lowest BCUT2D eigenvalue weighted by Gasteiger charge is -2.32. The number of nitrogens with one attached hydrogen (secondary N) is 1. The molecule has 28 heavy (non-hydrogen) atoms. The molecule has 2 amide bonds. The molecule has 6 nitrogen and oxygen atoms in total. The molecule has 0 saturated carbocycles. The van der Waals surface area contributed by atoms with Crippen molar-refractivity contribution >= 4 is 17.5 Å². The van der Waals surface area contributed by atoms with E-state index >= 15 is 0 Å². The van der Waals surface area contributed by atoms with Gasteiger partial charge in [0.2, 0.25) is 0 Å². The fourth-order valence-corrected chi connectivity index (χ4v) is 3.08. The maximum atomic E-state index is 12.7. The summed E-state index contributed by atoms with van der Waals surface area (Å²) in [6.07, 6.45) is 0.0982. The third-order valence-corrected chi connectivity index (χ3v) is 4.65. The highest BCUT2D eigenvalue weighted by atomic mass is 16.5. The first-order chi connectivity index (χ1) is 13.4. The number of likely N-dealkylation sites (N-methyl/N-ethyl adjacent to an activating group) is 1. The average molecular weight is 381 g/mol. The predicted molar refractivity (Wildman–Crippen MR) is 110 cm³/mol. The van der Waals surface area contributed by atoms with Crippen molar-refractivity contribution < 1.29 is 14.3 Å². The van der Waals surface area contributed by atoms with Gasteiger partial charge in [0, 0.05) is 43.0 Å². The van der Waals surface area contributed by atoms with Crippen LogP contribution >= 0.6 is 0 Å². The zero-order chi connectivity index (χ0) is 20.1. The summed E-state index contributed by atoms with van der Waals surface area (Å²) >= 11 is 0. The van der Waals surface area contributed by atoms with Gasteiger partial charge < -0.3 is 19.9 Å². The predicted octanol–water partition coefficient (Wildman–Crippen LogP) is 3.11. The maximum Gasteiger partial charge on any atom is 0.255 e. The van der Waals surface area contributed by atoms with Crippen molar-refractivity contribution in [2.45, 2.75) is 20.0 Å². The molecule has 148 valence electrons. The monoisotopic (exact) mass is 381 g/mol. The van der Waals surface area contributed by atoms with E-state index in [1.807, 2.05) is 37.9 Å². The van der Waals surface area contributed by atoms with E-state index in [4.69, 9.17) is 4.74 Å². The van der Waals surface area contributed by atoms with E-state index in [2.05, 4.69) is 10.2 Å². The van der Waals surface area contributed by atoms with Gasteiger partial charge in [0.25, 0.3) is 11.8 Å². The maximum absolute atomic E-state index is 12.7. The van der Waals surface area contributed by atoms with Gasteiger partial charge in [0.15, 0.2) is 0 Å². The van der Waals surface area contributed by atoms with Crippen LogP contribution in [0, 0.1) is 0 Å². The summed E-state index contributed by atoms with van der Waals surface area (Å²) in [4.78, 5) is 29.4. The van der Waals surface area contributed by atoms with Gasteiger partial charge in [0.05, 0.1) is 6.10 Å². The van der Waals surface area contributed by atoms with Crippen molar-refractivity contribution in [3.8, 4) is 5.75 Å². The fourth-order valence-electron chi connectivity index (χ4n) is 3.08. The number of benzene rings is 2.